The molecule has 0 bridgehead atoms. The lowest BCUT2D eigenvalue weighted by molar-refractivity contribution is 0.842. The third kappa shape index (κ3) is 2.77. The number of hydrogen-bond acceptors (Lipinski definition) is 4. The van der Waals surface area contributed by atoms with E-state index in [1.165, 1.54) is 4.09 Å². The van der Waals surface area contributed by atoms with Crippen LogP contribution in [0.15, 0.2) is 48.8 Å². The summed E-state index contributed by atoms with van der Waals surface area (Å²) in [5.74, 6) is 0.278. The molecule has 0 amide bonds. The Labute approximate surface area is 169 Å². The first-order valence-corrected chi connectivity index (χ1v) is 9.80. The van der Waals surface area contributed by atoms with Crippen LogP contribution < -0.4 is 0 Å². The summed E-state index contributed by atoms with van der Waals surface area (Å²) in [6.45, 7) is 0. The van der Waals surface area contributed by atoms with Crippen LogP contribution in [0.4, 0.5) is 3.89 Å². The van der Waals surface area contributed by atoms with E-state index in [4.69, 9.17) is 11.6 Å². The standard InChI is InChI=1S/C20H13ClFN5S/c21-15-6-3-12(4-7-15)19-18(20(13-1-2-13)27(25-19)28-22)14-5-8-17-24-10-16(9-23)26(17)11-14/h3-8,10-11,13H,1-2H2. The number of fused-ring (bicyclic) bond motifs is 1. The second-order valence-corrected chi connectivity index (χ2v) is 7.65. The average molecular weight is 410 g/mol. The van der Waals surface area contributed by atoms with Crippen molar-refractivity contribution in [2.24, 2.45) is 0 Å². The second kappa shape index (κ2) is 6.66. The molecule has 0 atom stereocenters. The molecule has 3 aromatic heterocycles. The Morgan fingerprint density at radius 3 is 2.57 bits per heavy atom. The number of benzene rings is 1. The number of pyridine rings is 1. The second-order valence-electron chi connectivity index (χ2n) is 6.73. The monoisotopic (exact) mass is 409 g/mol. The smallest absolute Gasteiger partial charge is 0.187 e. The van der Waals surface area contributed by atoms with Crippen LogP contribution in [0.3, 0.4) is 0 Å². The Morgan fingerprint density at radius 2 is 1.89 bits per heavy atom. The van der Waals surface area contributed by atoms with E-state index in [-0.39, 0.29) is 18.3 Å². The minimum absolute atomic E-state index is 0.112. The maximum absolute atomic E-state index is 13.7. The van der Waals surface area contributed by atoms with Gasteiger partial charge in [0.05, 0.1) is 11.9 Å². The van der Waals surface area contributed by atoms with Gasteiger partial charge in [-0.05, 0) is 37.1 Å². The Balaban J connectivity index is 1.78. The molecule has 4 aromatic rings. The maximum atomic E-state index is 13.7. The lowest BCUT2D eigenvalue weighted by Gasteiger charge is -2.08. The van der Waals surface area contributed by atoms with Crippen molar-refractivity contribution in [1.82, 2.24) is 18.6 Å². The molecule has 3 heterocycles. The first kappa shape index (κ1) is 17.3. The highest BCUT2D eigenvalue weighted by molar-refractivity contribution is 7.92. The van der Waals surface area contributed by atoms with Crippen LogP contribution in [0.5, 0.6) is 0 Å². The number of hydrogen-bond donors (Lipinski definition) is 0. The maximum Gasteiger partial charge on any atom is 0.187 e. The highest BCUT2D eigenvalue weighted by atomic mass is 35.5. The summed E-state index contributed by atoms with van der Waals surface area (Å²) in [6.07, 6.45) is 5.43. The van der Waals surface area contributed by atoms with Crippen LogP contribution in [0.1, 0.15) is 30.1 Å². The van der Waals surface area contributed by atoms with E-state index in [9.17, 15) is 9.15 Å². The lowest BCUT2D eigenvalue weighted by Crippen LogP contribution is -1.95. The Bertz CT molecular complexity index is 1230. The van der Waals surface area contributed by atoms with Gasteiger partial charge in [0, 0.05) is 33.8 Å². The van der Waals surface area contributed by atoms with Crippen LogP contribution in [-0.4, -0.2) is 18.6 Å². The van der Waals surface area contributed by atoms with Crippen molar-refractivity contribution in [2.75, 3.05) is 0 Å². The van der Waals surface area contributed by atoms with E-state index in [1.807, 2.05) is 30.5 Å². The zero-order valence-electron chi connectivity index (χ0n) is 14.5. The topological polar surface area (TPSA) is 58.9 Å². The lowest BCUT2D eigenvalue weighted by atomic mass is 9.98. The van der Waals surface area contributed by atoms with Gasteiger partial charge in [0.1, 0.15) is 23.1 Å². The minimum Gasteiger partial charge on any atom is -0.291 e. The largest absolute Gasteiger partial charge is 0.291 e. The molecular formula is C20H13ClFN5S. The molecule has 1 saturated carbocycles. The molecule has 0 radical (unpaired) electrons. The Kier molecular flexibility index (Phi) is 4.11. The van der Waals surface area contributed by atoms with Crippen LogP contribution in [0.2, 0.25) is 5.02 Å². The van der Waals surface area contributed by atoms with Crippen molar-refractivity contribution < 1.29 is 3.89 Å². The molecule has 1 aliphatic carbocycles. The molecule has 0 aliphatic heterocycles. The molecule has 138 valence electrons. The molecule has 0 N–H and O–H groups in total. The van der Waals surface area contributed by atoms with E-state index < -0.39 is 0 Å². The summed E-state index contributed by atoms with van der Waals surface area (Å²) in [4.78, 5) is 4.25. The van der Waals surface area contributed by atoms with Gasteiger partial charge < -0.3 is 0 Å². The molecule has 1 aliphatic rings. The van der Waals surface area contributed by atoms with Crippen LogP contribution in [0, 0.1) is 11.3 Å². The van der Waals surface area contributed by atoms with Crippen molar-refractivity contribution in [3.8, 4) is 28.5 Å². The van der Waals surface area contributed by atoms with Crippen molar-refractivity contribution >= 4 is 29.6 Å². The van der Waals surface area contributed by atoms with Gasteiger partial charge in [-0.3, -0.25) is 4.40 Å². The van der Waals surface area contributed by atoms with Crippen LogP contribution >= 0.6 is 23.9 Å². The summed E-state index contributed by atoms with van der Waals surface area (Å²) in [5.41, 5.74) is 5.32. The van der Waals surface area contributed by atoms with Gasteiger partial charge in [0.2, 0.25) is 0 Å². The van der Waals surface area contributed by atoms with E-state index in [0.717, 1.165) is 35.2 Å². The van der Waals surface area contributed by atoms with Gasteiger partial charge in [-0.15, -0.1) is 3.89 Å². The summed E-state index contributed by atoms with van der Waals surface area (Å²) in [5, 5.41) is 14.5. The quantitative estimate of drug-likeness (QED) is 0.437. The molecule has 5 rings (SSSR count). The SMILES string of the molecule is N#Cc1cnc2ccc(-c3c(-c4ccc(Cl)cc4)nn(SF)c3C3CC3)cn12. The van der Waals surface area contributed by atoms with Gasteiger partial charge in [0.15, 0.2) is 12.3 Å². The number of nitrogens with zero attached hydrogens (tertiary/aromatic N) is 5. The van der Waals surface area contributed by atoms with Crippen LogP contribution in [-0.2, 0) is 0 Å². The summed E-state index contributed by atoms with van der Waals surface area (Å²) in [7, 11) is 0. The van der Waals surface area contributed by atoms with Gasteiger partial charge in [-0.25, -0.2) is 4.98 Å². The Morgan fingerprint density at radius 1 is 1.14 bits per heavy atom. The fourth-order valence-corrected chi connectivity index (χ4v) is 4.04. The zero-order chi connectivity index (χ0) is 19.3. The number of aromatic nitrogens is 4. The summed E-state index contributed by atoms with van der Waals surface area (Å²) >= 11 is 6.15. The first-order valence-electron chi connectivity index (χ1n) is 8.75. The van der Waals surface area contributed by atoms with Gasteiger partial charge in [-0.2, -0.15) is 14.4 Å². The predicted octanol–water partition coefficient (Wildman–Crippen LogP) is 5.65. The molecule has 0 unspecified atom stereocenters. The number of imidazole rings is 1. The van der Waals surface area contributed by atoms with E-state index in [0.29, 0.717) is 22.1 Å². The number of nitriles is 1. The fraction of sp³-hybridized carbons (Fsp3) is 0.150. The molecular weight excluding hydrogens is 397 g/mol. The molecule has 1 aromatic carbocycles. The number of halogens is 2. The Hall–Kier alpha value is -2.82. The van der Waals surface area contributed by atoms with Crippen molar-refractivity contribution in [3.05, 3.63) is 65.2 Å². The zero-order valence-corrected chi connectivity index (χ0v) is 16.1. The van der Waals surface area contributed by atoms with Gasteiger partial charge in [-0.1, -0.05) is 23.7 Å². The predicted molar refractivity (Wildman–Crippen MR) is 108 cm³/mol. The van der Waals surface area contributed by atoms with E-state index >= 15 is 0 Å². The van der Waals surface area contributed by atoms with E-state index in [2.05, 4.69) is 16.2 Å². The summed E-state index contributed by atoms with van der Waals surface area (Å²) in [6, 6.07) is 13.3. The molecule has 8 heteroatoms. The molecule has 0 spiro atoms. The molecule has 1 fully saturated rings. The third-order valence-electron chi connectivity index (χ3n) is 4.95. The molecule has 5 nitrogen and oxygen atoms in total. The van der Waals surface area contributed by atoms with Gasteiger partial charge >= 0.3 is 0 Å². The highest BCUT2D eigenvalue weighted by Crippen LogP contribution is 2.48. The number of rotatable bonds is 4. The normalized spacial score (nSPS) is 13.8. The van der Waals surface area contributed by atoms with Crippen LogP contribution in [0.25, 0.3) is 28.0 Å². The third-order valence-corrected chi connectivity index (χ3v) is 5.61. The van der Waals surface area contributed by atoms with Gasteiger partial charge in [0.25, 0.3) is 0 Å². The first-order chi connectivity index (χ1) is 13.7. The summed E-state index contributed by atoms with van der Waals surface area (Å²) < 4.78 is 16.8. The van der Waals surface area contributed by atoms with Crippen molar-refractivity contribution in [2.45, 2.75) is 18.8 Å². The molecule has 28 heavy (non-hydrogen) atoms. The molecule has 0 saturated heterocycles. The average Bonchev–Trinajstić information content (AvgIpc) is 3.36. The minimum atomic E-state index is 0.112. The van der Waals surface area contributed by atoms with Crippen molar-refractivity contribution in [3.63, 3.8) is 0 Å². The van der Waals surface area contributed by atoms with E-state index in [1.54, 1.807) is 22.7 Å². The van der Waals surface area contributed by atoms with Crippen molar-refractivity contribution in [1.29, 1.82) is 5.26 Å². The highest BCUT2D eigenvalue weighted by Gasteiger charge is 2.34. The fourth-order valence-electron chi connectivity index (χ4n) is 3.49.